The summed E-state index contributed by atoms with van der Waals surface area (Å²) >= 11 is 0. The normalized spacial score (nSPS) is 15.2. The molecule has 1 atom stereocenters. The average Bonchev–Trinajstić information content (AvgIpc) is 3.26. The quantitative estimate of drug-likeness (QED) is 0.493. The van der Waals surface area contributed by atoms with Crippen molar-refractivity contribution >= 4 is 0 Å². The van der Waals surface area contributed by atoms with Gasteiger partial charge in [-0.3, -0.25) is 5.10 Å². The number of ether oxygens (including phenoxy) is 4. The first-order valence-corrected chi connectivity index (χ1v) is 10.0. The third-order valence-corrected chi connectivity index (χ3v) is 5.34. The Morgan fingerprint density at radius 2 is 1.77 bits per heavy atom. The van der Waals surface area contributed by atoms with Crippen molar-refractivity contribution in [2.45, 2.75) is 18.7 Å². The molecule has 0 spiro atoms. The molecule has 4 rings (SSSR count). The zero-order valence-electron chi connectivity index (χ0n) is 18.4. The Kier molecular flexibility index (Phi) is 6.17. The zero-order valence-corrected chi connectivity index (χ0v) is 18.4. The molecule has 1 aromatic heterocycles. The summed E-state index contributed by atoms with van der Waals surface area (Å²) in [4.78, 5) is 0. The van der Waals surface area contributed by atoms with Crippen LogP contribution in [0.5, 0.6) is 23.1 Å². The molecule has 0 radical (unpaired) electrons. The van der Waals surface area contributed by atoms with E-state index in [1.807, 2.05) is 11.2 Å². The summed E-state index contributed by atoms with van der Waals surface area (Å²) in [5, 5.41) is 15.2. The number of nitriles is 1. The second kappa shape index (κ2) is 9.09. The van der Waals surface area contributed by atoms with Crippen LogP contribution in [0.15, 0.2) is 47.9 Å². The maximum atomic E-state index is 13.7. The van der Waals surface area contributed by atoms with Crippen molar-refractivity contribution in [3.05, 3.63) is 76.1 Å². The summed E-state index contributed by atoms with van der Waals surface area (Å²) in [6.45, 7) is 0.0318. The Hall–Kier alpha value is -4.40. The number of allylic oxidation sites excluding steroid dienone is 1. The molecule has 1 aliphatic heterocycles. The predicted molar refractivity (Wildman–Crippen MR) is 113 cm³/mol. The first-order chi connectivity index (χ1) is 16.7. The first-order valence-electron chi connectivity index (χ1n) is 10.0. The summed E-state index contributed by atoms with van der Waals surface area (Å²) in [5.41, 5.74) is 4.87. The molecule has 3 aromatic rings. The van der Waals surface area contributed by atoms with Gasteiger partial charge in [0, 0.05) is 0 Å². The molecule has 3 N–H and O–H groups in total. The number of H-pyrrole nitrogens is 1. The van der Waals surface area contributed by atoms with Crippen molar-refractivity contribution in [2.24, 2.45) is 5.73 Å². The SMILES string of the molecule is COc1cc(C2C(C#N)=C(N)Oc3n[nH]c(C(F)(F)F)c32)cc(OC)c1OCc1ccc(F)cc1. The average molecular weight is 490 g/mol. The van der Waals surface area contributed by atoms with Crippen molar-refractivity contribution in [1.29, 1.82) is 5.26 Å². The van der Waals surface area contributed by atoms with Crippen molar-refractivity contribution < 1.29 is 36.5 Å². The lowest BCUT2D eigenvalue weighted by Gasteiger charge is -2.25. The van der Waals surface area contributed by atoms with Gasteiger partial charge in [-0.15, -0.1) is 5.10 Å². The van der Waals surface area contributed by atoms with E-state index in [2.05, 4.69) is 5.10 Å². The fourth-order valence-electron chi connectivity index (χ4n) is 3.74. The number of benzene rings is 2. The fraction of sp³-hybridized carbons (Fsp3) is 0.217. The van der Waals surface area contributed by atoms with Crippen molar-refractivity contribution in [2.75, 3.05) is 14.2 Å². The monoisotopic (exact) mass is 490 g/mol. The van der Waals surface area contributed by atoms with Crippen LogP contribution >= 0.6 is 0 Å². The third kappa shape index (κ3) is 4.40. The van der Waals surface area contributed by atoms with Crippen LogP contribution in [0.2, 0.25) is 0 Å². The number of methoxy groups -OCH3 is 2. The van der Waals surface area contributed by atoms with Crippen molar-refractivity contribution in [3.63, 3.8) is 0 Å². The van der Waals surface area contributed by atoms with E-state index in [9.17, 15) is 22.8 Å². The Bertz CT molecular complexity index is 1300. The largest absolute Gasteiger partial charge is 0.493 e. The molecule has 2 aromatic carbocycles. The van der Waals surface area contributed by atoms with E-state index in [1.165, 1.54) is 50.6 Å². The smallest absolute Gasteiger partial charge is 0.433 e. The Morgan fingerprint density at radius 3 is 2.31 bits per heavy atom. The van der Waals surface area contributed by atoms with E-state index < -0.39 is 35.0 Å². The van der Waals surface area contributed by atoms with E-state index in [-0.39, 0.29) is 40.9 Å². The van der Waals surface area contributed by atoms with Crippen LogP contribution in [0.25, 0.3) is 0 Å². The second-order valence-electron chi connectivity index (χ2n) is 7.41. The molecular formula is C23H18F4N4O4. The summed E-state index contributed by atoms with van der Waals surface area (Å²) in [7, 11) is 2.68. The van der Waals surface area contributed by atoms with Crippen molar-refractivity contribution in [1.82, 2.24) is 10.2 Å². The minimum absolute atomic E-state index is 0.0318. The number of aromatic nitrogens is 2. The Labute approximate surface area is 196 Å². The first kappa shape index (κ1) is 23.7. The van der Waals surface area contributed by atoms with E-state index in [0.29, 0.717) is 5.56 Å². The third-order valence-electron chi connectivity index (χ3n) is 5.34. The highest BCUT2D eigenvalue weighted by Gasteiger charge is 2.44. The molecule has 0 saturated carbocycles. The number of hydrogen-bond acceptors (Lipinski definition) is 7. The van der Waals surface area contributed by atoms with E-state index in [4.69, 9.17) is 24.7 Å². The molecule has 0 aliphatic carbocycles. The van der Waals surface area contributed by atoms with Gasteiger partial charge in [-0.05, 0) is 35.4 Å². The molecule has 0 fully saturated rings. The van der Waals surface area contributed by atoms with Crippen LogP contribution in [-0.4, -0.2) is 24.4 Å². The van der Waals surface area contributed by atoms with E-state index in [0.717, 1.165) is 0 Å². The number of aromatic amines is 1. The van der Waals surface area contributed by atoms with Crippen LogP contribution < -0.4 is 24.7 Å². The molecule has 182 valence electrons. The van der Waals surface area contributed by atoms with Gasteiger partial charge >= 0.3 is 6.18 Å². The predicted octanol–water partition coefficient (Wildman–Crippen LogP) is 4.38. The van der Waals surface area contributed by atoms with Crippen molar-refractivity contribution in [3.8, 4) is 29.2 Å². The molecule has 0 amide bonds. The highest BCUT2D eigenvalue weighted by molar-refractivity contribution is 5.61. The molecule has 1 unspecified atom stereocenters. The van der Waals surface area contributed by atoms with Crippen LogP contribution in [-0.2, 0) is 12.8 Å². The molecular weight excluding hydrogens is 472 g/mol. The van der Waals surface area contributed by atoms with E-state index >= 15 is 0 Å². The lowest BCUT2D eigenvalue weighted by Crippen LogP contribution is -2.23. The molecule has 1 aliphatic rings. The maximum Gasteiger partial charge on any atom is 0.433 e. The fourth-order valence-corrected chi connectivity index (χ4v) is 3.74. The Balaban J connectivity index is 1.82. The minimum Gasteiger partial charge on any atom is -0.493 e. The highest BCUT2D eigenvalue weighted by atomic mass is 19.4. The summed E-state index contributed by atoms with van der Waals surface area (Å²) in [6, 6.07) is 10.3. The topological polar surface area (TPSA) is 115 Å². The van der Waals surface area contributed by atoms with Crippen LogP contribution in [0, 0.1) is 17.1 Å². The number of fused-ring (bicyclic) bond motifs is 1. The van der Waals surface area contributed by atoms with Crippen LogP contribution in [0.4, 0.5) is 17.6 Å². The van der Waals surface area contributed by atoms with E-state index in [1.54, 1.807) is 0 Å². The van der Waals surface area contributed by atoms with Gasteiger partial charge in [0.15, 0.2) is 11.5 Å². The lowest BCUT2D eigenvalue weighted by molar-refractivity contribution is -0.141. The van der Waals surface area contributed by atoms with Crippen LogP contribution in [0.3, 0.4) is 0 Å². The molecule has 35 heavy (non-hydrogen) atoms. The van der Waals surface area contributed by atoms with Gasteiger partial charge in [-0.1, -0.05) is 12.1 Å². The number of hydrogen-bond donors (Lipinski definition) is 2. The zero-order chi connectivity index (χ0) is 25.3. The number of nitrogens with one attached hydrogen (secondary N) is 1. The second-order valence-corrected chi connectivity index (χ2v) is 7.41. The minimum atomic E-state index is -4.80. The van der Waals surface area contributed by atoms with Gasteiger partial charge < -0.3 is 24.7 Å². The molecule has 0 bridgehead atoms. The highest BCUT2D eigenvalue weighted by Crippen LogP contribution is 2.50. The number of nitrogens with two attached hydrogens (primary N) is 1. The standard InChI is InChI=1S/C23H18F4N4O4/c1-32-15-7-12(8-16(33-2)19(15)34-10-11-3-5-13(24)6-4-11)17-14(9-28)21(29)35-22-18(17)20(30-31-22)23(25,26)27/h3-8,17H,10,29H2,1-2H3,(H,30,31). The van der Waals surface area contributed by atoms with Gasteiger partial charge in [0.05, 0.1) is 25.7 Å². The molecule has 2 heterocycles. The van der Waals surface area contributed by atoms with Gasteiger partial charge in [0.25, 0.3) is 0 Å². The number of alkyl halides is 3. The molecule has 12 heteroatoms. The summed E-state index contributed by atoms with van der Waals surface area (Å²) in [5.74, 6) is -2.04. The summed E-state index contributed by atoms with van der Waals surface area (Å²) < 4.78 is 76.2. The van der Waals surface area contributed by atoms with Gasteiger partial charge in [-0.25, -0.2) is 4.39 Å². The Morgan fingerprint density at radius 1 is 1.14 bits per heavy atom. The van der Waals surface area contributed by atoms with Gasteiger partial charge in [-0.2, -0.15) is 18.4 Å². The molecule has 8 nitrogen and oxygen atoms in total. The number of rotatable bonds is 6. The van der Waals surface area contributed by atoms with Crippen LogP contribution in [0.1, 0.15) is 28.3 Å². The maximum absolute atomic E-state index is 13.7. The number of halogens is 4. The summed E-state index contributed by atoms with van der Waals surface area (Å²) in [6.07, 6.45) is -4.80. The number of nitrogens with zero attached hydrogens (tertiary/aromatic N) is 2. The van der Waals surface area contributed by atoms with Gasteiger partial charge in [0.1, 0.15) is 29.8 Å². The van der Waals surface area contributed by atoms with Gasteiger partial charge in [0.2, 0.25) is 17.5 Å². The molecule has 0 saturated heterocycles. The lowest BCUT2D eigenvalue weighted by atomic mass is 9.83.